The number of rotatable bonds is 8. The third kappa shape index (κ3) is 5.83. The smallest absolute Gasteiger partial charge is 0.240 e. The van der Waals surface area contributed by atoms with E-state index in [4.69, 9.17) is 11.6 Å². The van der Waals surface area contributed by atoms with Crippen LogP contribution < -0.4 is 15.4 Å². The van der Waals surface area contributed by atoms with Crippen LogP contribution in [-0.4, -0.2) is 36.7 Å². The van der Waals surface area contributed by atoms with E-state index in [1.807, 2.05) is 19.1 Å². The number of nitrogens with zero attached hydrogens (tertiary/aromatic N) is 3. The number of sulfonamides is 1. The Labute approximate surface area is 172 Å². The summed E-state index contributed by atoms with van der Waals surface area (Å²) in [7, 11) is -3.79. The highest BCUT2D eigenvalue weighted by atomic mass is 35.5. The van der Waals surface area contributed by atoms with Gasteiger partial charge in [-0.1, -0.05) is 17.7 Å². The molecule has 0 spiro atoms. The maximum atomic E-state index is 13.2. The highest BCUT2D eigenvalue weighted by molar-refractivity contribution is 7.89. The Kier molecular flexibility index (Phi) is 6.57. The molecule has 0 unspecified atom stereocenters. The molecule has 0 saturated heterocycles. The van der Waals surface area contributed by atoms with Gasteiger partial charge in [0.05, 0.1) is 9.92 Å². The molecule has 0 amide bonds. The molecule has 0 saturated carbocycles. The number of hydrogen-bond donors (Lipinski definition) is 3. The zero-order valence-electron chi connectivity index (χ0n) is 15.4. The Hall–Kier alpha value is -2.82. The Morgan fingerprint density at radius 2 is 1.72 bits per heavy atom. The topological polar surface area (TPSA) is 109 Å². The first-order chi connectivity index (χ1) is 13.8. The molecule has 1 aromatic carbocycles. The second kappa shape index (κ2) is 9.12. The molecule has 8 nitrogen and oxygen atoms in total. The van der Waals surface area contributed by atoms with Gasteiger partial charge in [0.2, 0.25) is 10.0 Å². The number of halogens is 2. The van der Waals surface area contributed by atoms with Gasteiger partial charge in [-0.3, -0.25) is 0 Å². The van der Waals surface area contributed by atoms with Crippen LogP contribution in [0, 0.1) is 12.7 Å². The van der Waals surface area contributed by atoms with Crippen molar-refractivity contribution in [2.24, 2.45) is 0 Å². The first kappa shape index (κ1) is 20.9. The number of nitrogens with one attached hydrogen (secondary N) is 3. The van der Waals surface area contributed by atoms with E-state index >= 15 is 0 Å². The zero-order valence-corrected chi connectivity index (χ0v) is 16.9. The van der Waals surface area contributed by atoms with Crippen molar-refractivity contribution in [3.05, 3.63) is 65.1 Å². The van der Waals surface area contributed by atoms with Gasteiger partial charge in [-0.25, -0.2) is 22.5 Å². The number of pyridine rings is 1. The molecule has 29 heavy (non-hydrogen) atoms. The van der Waals surface area contributed by atoms with Crippen molar-refractivity contribution >= 4 is 39.1 Å². The molecule has 0 bridgehead atoms. The molecular formula is C18H18ClFN6O2S. The van der Waals surface area contributed by atoms with E-state index in [0.29, 0.717) is 17.5 Å². The fraction of sp³-hybridized carbons (Fsp3) is 0.167. The molecule has 0 aliphatic heterocycles. The first-order valence-corrected chi connectivity index (χ1v) is 10.4. The van der Waals surface area contributed by atoms with Crippen LogP contribution in [0.15, 0.2) is 53.6 Å². The van der Waals surface area contributed by atoms with Crippen molar-refractivity contribution in [2.45, 2.75) is 11.8 Å². The standard InChI is InChI=1S/C18H18ClFN6O2S/c1-12-2-5-16(22-11-12)24-18-7-6-17(25-26-18)21-8-9-23-29(27,28)13-3-4-15(20)14(19)10-13/h2-7,10-11,23H,8-9H2,1H3,(H,21,25)(H,22,24,26). The van der Waals surface area contributed by atoms with Crippen molar-refractivity contribution < 1.29 is 12.8 Å². The Balaban J connectivity index is 1.49. The Morgan fingerprint density at radius 1 is 1.00 bits per heavy atom. The summed E-state index contributed by atoms with van der Waals surface area (Å²) in [5.74, 6) is 0.986. The minimum absolute atomic E-state index is 0.0896. The molecule has 3 rings (SSSR count). The third-order valence-corrected chi connectivity index (χ3v) is 5.50. The van der Waals surface area contributed by atoms with Gasteiger partial charge in [0.25, 0.3) is 0 Å². The van der Waals surface area contributed by atoms with Crippen LogP contribution in [-0.2, 0) is 10.0 Å². The molecule has 3 aromatic rings. The first-order valence-electron chi connectivity index (χ1n) is 8.55. The van der Waals surface area contributed by atoms with E-state index in [0.717, 1.165) is 23.8 Å². The second-order valence-electron chi connectivity index (χ2n) is 6.05. The average Bonchev–Trinajstić information content (AvgIpc) is 2.70. The van der Waals surface area contributed by atoms with Crippen LogP contribution in [0.1, 0.15) is 5.56 Å². The summed E-state index contributed by atoms with van der Waals surface area (Å²) < 4.78 is 39.9. The van der Waals surface area contributed by atoms with Gasteiger partial charge in [0.15, 0.2) is 5.82 Å². The summed E-state index contributed by atoms with van der Waals surface area (Å²) in [6.45, 7) is 2.31. The predicted octanol–water partition coefficient (Wildman–Crippen LogP) is 3.11. The van der Waals surface area contributed by atoms with E-state index in [2.05, 4.69) is 30.5 Å². The SMILES string of the molecule is Cc1ccc(Nc2ccc(NCCNS(=O)(=O)c3ccc(F)c(Cl)c3)nn2)nc1. The quantitative estimate of drug-likeness (QED) is 0.465. The molecule has 152 valence electrons. The lowest BCUT2D eigenvalue weighted by molar-refractivity contribution is 0.582. The van der Waals surface area contributed by atoms with Gasteiger partial charge in [-0.2, -0.15) is 0 Å². The summed E-state index contributed by atoms with van der Waals surface area (Å²) in [5, 5.41) is 13.8. The van der Waals surface area contributed by atoms with E-state index < -0.39 is 15.8 Å². The van der Waals surface area contributed by atoms with E-state index in [-0.39, 0.29) is 23.0 Å². The molecule has 11 heteroatoms. The van der Waals surface area contributed by atoms with Gasteiger partial charge < -0.3 is 10.6 Å². The maximum absolute atomic E-state index is 13.2. The summed E-state index contributed by atoms with van der Waals surface area (Å²) in [6, 6.07) is 10.4. The minimum Gasteiger partial charge on any atom is -0.367 e. The third-order valence-electron chi connectivity index (χ3n) is 3.76. The lowest BCUT2D eigenvalue weighted by atomic mass is 10.3. The summed E-state index contributed by atoms with van der Waals surface area (Å²) in [5.41, 5.74) is 1.05. The van der Waals surface area contributed by atoms with Gasteiger partial charge in [0, 0.05) is 19.3 Å². The molecule has 0 fully saturated rings. The number of benzene rings is 1. The van der Waals surface area contributed by atoms with Crippen LogP contribution >= 0.6 is 11.6 Å². The van der Waals surface area contributed by atoms with Crippen molar-refractivity contribution in [1.82, 2.24) is 19.9 Å². The molecule has 0 aliphatic carbocycles. The van der Waals surface area contributed by atoms with Crippen molar-refractivity contribution in [1.29, 1.82) is 0 Å². The zero-order chi connectivity index (χ0) is 20.9. The van der Waals surface area contributed by atoms with E-state index in [9.17, 15) is 12.8 Å². The van der Waals surface area contributed by atoms with Crippen LogP contribution in [0.4, 0.5) is 21.8 Å². The molecule has 0 aliphatic rings. The second-order valence-corrected chi connectivity index (χ2v) is 8.22. The van der Waals surface area contributed by atoms with Gasteiger partial charge >= 0.3 is 0 Å². The van der Waals surface area contributed by atoms with Gasteiger partial charge in [-0.05, 0) is 48.9 Å². The van der Waals surface area contributed by atoms with Crippen LogP contribution in [0.3, 0.4) is 0 Å². The average molecular weight is 437 g/mol. The van der Waals surface area contributed by atoms with Crippen molar-refractivity contribution in [2.75, 3.05) is 23.7 Å². The number of anilines is 3. The lowest BCUT2D eigenvalue weighted by Gasteiger charge is -2.09. The molecule has 2 heterocycles. The van der Waals surface area contributed by atoms with Crippen molar-refractivity contribution in [3.63, 3.8) is 0 Å². The largest absolute Gasteiger partial charge is 0.367 e. The number of aromatic nitrogens is 3. The predicted molar refractivity (Wildman–Crippen MR) is 109 cm³/mol. The van der Waals surface area contributed by atoms with Crippen LogP contribution in [0.25, 0.3) is 0 Å². The Bertz CT molecular complexity index is 1080. The normalized spacial score (nSPS) is 11.3. The summed E-state index contributed by atoms with van der Waals surface area (Å²) >= 11 is 5.63. The molecule has 0 radical (unpaired) electrons. The number of hydrogen-bond acceptors (Lipinski definition) is 7. The molecule has 3 N–H and O–H groups in total. The van der Waals surface area contributed by atoms with Gasteiger partial charge in [-0.15, -0.1) is 10.2 Å². The minimum atomic E-state index is -3.79. The fourth-order valence-corrected chi connectivity index (χ4v) is 3.57. The molecule has 0 atom stereocenters. The Morgan fingerprint density at radius 3 is 2.38 bits per heavy atom. The monoisotopic (exact) mass is 436 g/mol. The van der Waals surface area contributed by atoms with Crippen LogP contribution in [0.2, 0.25) is 5.02 Å². The number of aryl methyl sites for hydroxylation is 1. The highest BCUT2D eigenvalue weighted by Crippen LogP contribution is 2.19. The van der Waals surface area contributed by atoms with Crippen molar-refractivity contribution in [3.8, 4) is 0 Å². The van der Waals surface area contributed by atoms with Crippen LogP contribution in [0.5, 0.6) is 0 Å². The molecule has 2 aromatic heterocycles. The maximum Gasteiger partial charge on any atom is 0.240 e. The lowest BCUT2D eigenvalue weighted by Crippen LogP contribution is -2.29. The summed E-state index contributed by atoms with van der Waals surface area (Å²) in [6.07, 6.45) is 1.74. The van der Waals surface area contributed by atoms with Gasteiger partial charge in [0.1, 0.15) is 17.5 Å². The molecular weight excluding hydrogens is 419 g/mol. The highest BCUT2D eigenvalue weighted by Gasteiger charge is 2.15. The summed E-state index contributed by atoms with van der Waals surface area (Å²) in [4.78, 5) is 4.12. The fourth-order valence-electron chi connectivity index (χ4n) is 2.27. The van der Waals surface area contributed by atoms with E-state index in [1.165, 1.54) is 0 Å². The van der Waals surface area contributed by atoms with E-state index in [1.54, 1.807) is 18.3 Å².